The highest BCUT2D eigenvalue weighted by molar-refractivity contribution is 7.98. The van der Waals surface area contributed by atoms with Gasteiger partial charge in [-0.15, -0.1) is 11.8 Å². The Balaban J connectivity index is 2.49. The highest BCUT2D eigenvalue weighted by Gasteiger charge is 2.18. The van der Waals surface area contributed by atoms with Crippen LogP contribution in [0.5, 0.6) is 0 Å². The van der Waals surface area contributed by atoms with Gasteiger partial charge in [0.2, 0.25) is 0 Å². The monoisotopic (exact) mass is 287 g/mol. The second kappa shape index (κ2) is 5.83. The Kier molecular flexibility index (Phi) is 4.33. The topological polar surface area (TPSA) is 37.8 Å². The van der Waals surface area contributed by atoms with Gasteiger partial charge in [0, 0.05) is 29.0 Å². The Morgan fingerprint density at radius 2 is 1.70 bits per heavy atom. The van der Waals surface area contributed by atoms with E-state index in [4.69, 9.17) is 4.98 Å². The zero-order valence-corrected chi connectivity index (χ0v) is 13.5. The molecule has 0 saturated carbocycles. The average molecular weight is 287 g/mol. The first-order chi connectivity index (χ1) is 9.44. The van der Waals surface area contributed by atoms with Crippen LogP contribution in [0.3, 0.4) is 0 Å². The molecule has 0 bridgehead atoms. The van der Waals surface area contributed by atoms with Crippen molar-refractivity contribution in [1.82, 2.24) is 9.97 Å². The van der Waals surface area contributed by atoms with Gasteiger partial charge in [0.1, 0.15) is 5.82 Å². The number of nitrogens with zero attached hydrogens (tertiary/aromatic N) is 2. The molecule has 0 radical (unpaired) electrons. The van der Waals surface area contributed by atoms with Gasteiger partial charge in [0.15, 0.2) is 5.82 Å². The Morgan fingerprint density at radius 1 is 1.05 bits per heavy atom. The summed E-state index contributed by atoms with van der Waals surface area (Å²) in [6.07, 6.45) is 2.07. The van der Waals surface area contributed by atoms with E-state index in [9.17, 15) is 0 Å². The van der Waals surface area contributed by atoms with Crippen LogP contribution in [-0.2, 0) is 5.41 Å². The summed E-state index contributed by atoms with van der Waals surface area (Å²) < 4.78 is 0. The lowest BCUT2D eigenvalue weighted by atomic mass is 9.92. The molecular formula is C16H21N3S. The summed E-state index contributed by atoms with van der Waals surface area (Å²) in [6.45, 7) is 6.49. The standard InChI is InChI=1S/C16H21N3S/c1-16(2,3)13-10-14(17-4)19-15(18-13)11-6-8-12(20-5)9-7-11/h6-10H,1-5H3,(H,17,18,19). The maximum absolute atomic E-state index is 4.72. The Bertz CT molecular complexity index is 586. The van der Waals surface area contributed by atoms with E-state index in [2.05, 4.69) is 61.6 Å². The van der Waals surface area contributed by atoms with Crippen LogP contribution in [0.1, 0.15) is 26.5 Å². The highest BCUT2D eigenvalue weighted by atomic mass is 32.2. The molecule has 0 atom stereocenters. The molecule has 0 unspecified atom stereocenters. The molecule has 0 saturated heterocycles. The molecule has 0 aliphatic heterocycles. The first-order valence-electron chi connectivity index (χ1n) is 6.66. The van der Waals surface area contributed by atoms with E-state index in [1.165, 1.54) is 4.90 Å². The van der Waals surface area contributed by atoms with Gasteiger partial charge in [-0.05, 0) is 18.4 Å². The minimum absolute atomic E-state index is 0.00248. The summed E-state index contributed by atoms with van der Waals surface area (Å²) in [5, 5.41) is 3.12. The summed E-state index contributed by atoms with van der Waals surface area (Å²) in [4.78, 5) is 10.5. The van der Waals surface area contributed by atoms with Gasteiger partial charge in [-0.3, -0.25) is 0 Å². The first-order valence-corrected chi connectivity index (χ1v) is 7.88. The zero-order chi connectivity index (χ0) is 14.8. The number of rotatable bonds is 3. The van der Waals surface area contributed by atoms with E-state index in [-0.39, 0.29) is 5.41 Å². The fraction of sp³-hybridized carbons (Fsp3) is 0.375. The summed E-state index contributed by atoms with van der Waals surface area (Å²) in [5.74, 6) is 1.63. The third-order valence-corrected chi connectivity index (χ3v) is 3.84. The van der Waals surface area contributed by atoms with Gasteiger partial charge in [0.25, 0.3) is 0 Å². The van der Waals surface area contributed by atoms with Crippen molar-refractivity contribution in [2.24, 2.45) is 0 Å². The zero-order valence-electron chi connectivity index (χ0n) is 12.7. The lowest BCUT2D eigenvalue weighted by Gasteiger charge is -2.19. The van der Waals surface area contributed by atoms with Crippen molar-refractivity contribution in [2.75, 3.05) is 18.6 Å². The molecular weight excluding hydrogens is 266 g/mol. The molecule has 0 amide bonds. The van der Waals surface area contributed by atoms with E-state index in [1.807, 2.05) is 13.1 Å². The molecule has 1 heterocycles. The highest BCUT2D eigenvalue weighted by Crippen LogP contribution is 2.26. The number of benzene rings is 1. The molecule has 2 aromatic rings. The summed E-state index contributed by atoms with van der Waals surface area (Å²) in [5.41, 5.74) is 2.09. The third kappa shape index (κ3) is 3.31. The first kappa shape index (κ1) is 14.9. The van der Waals surface area contributed by atoms with Gasteiger partial charge in [-0.25, -0.2) is 9.97 Å². The van der Waals surface area contributed by atoms with Crippen molar-refractivity contribution >= 4 is 17.6 Å². The van der Waals surface area contributed by atoms with Gasteiger partial charge in [-0.1, -0.05) is 32.9 Å². The normalized spacial score (nSPS) is 11.4. The van der Waals surface area contributed by atoms with Crippen molar-refractivity contribution in [3.05, 3.63) is 36.0 Å². The lowest BCUT2D eigenvalue weighted by Crippen LogP contribution is -2.15. The maximum atomic E-state index is 4.72. The predicted octanol–water partition coefficient (Wildman–Crippen LogP) is 4.20. The van der Waals surface area contributed by atoms with Crippen LogP contribution < -0.4 is 5.32 Å². The van der Waals surface area contributed by atoms with Gasteiger partial charge < -0.3 is 5.32 Å². The van der Waals surface area contributed by atoms with Crippen LogP contribution in [-0.4, -0.2) is 23.3 Å². The average Bonchev–Trinajstić information content (AvgIpc) is 2.46. The summed E-state index contributed by atoms with van der Waals surface area (Å²) in [7, 11) is 1.88. The van der Waals surface area contributed by atoms with E-state index in [0.29, 0.717) is 0 Å². The fourth-order valence-corrected chi connectivity index (χ4v) is 2.24. The molecule has 1 aromatic heterocycles. The molecule has 106 valence electrons. The fourth-order valence-electron chi connectivity index (χ4n) is 1.83. The Hall–Kier alpha value is -1.55. The van der Waals surface area contributed by atoms with Crippen LogP contribution in [0, 0.1) is 0 Å². The third-order valence-electron chi connectivity index (χ3n) is 3.10. The van der Waals surface area contributed by atoms with Crippen molar-refractivity contribution < 1.29 is 0 Å². The van der Waals surface area contributed by atoms with Crippen molar-refractivity contribution in [3.63, 3.8) is 0 Å². The van der Waals surface area contributed by atoms with Gasteiger partial charge >= 0.3 is 0 Å². The quantitative estimate of drug-likeness (QED) is 0.858. The van der Waals surface area contributed by atoms with Gasteiger partial charge in [0.05, 0.1) is 5.69 Å². The number of nitrogens with one attached hydrogen (secondary N) is 1. The van der Waals surface area contributed by atoms with Crippen molar-refractivity contribution in [1.29, 1.82) is 0 Å². The van der Waals surface area contributed by atoms with Crippen LogP contribution in [0.2, 0.25) is 0 Å². The molecule has 20 heavy (non-hydrogen) atoms. The van der Waals surface area contributed by atoms with E-state index in [1.54, 1.807) is 11.8 Å². The lowest BCUT2D eigenvalue weighted by molar-refractivity contribution is 0.568. The van der Waals surface area contributed by atoms with E-state index < -0.39 is 0 Å². The molecule has 4 heteroatoms. The SMILES string of the molecule is CNc1cc(C(C)(C)C)nc(-c2ccc(SC)cc2)n1. The molecule has 0 aliphatic carbocycles. The van der Waals surface area contributed by atoms with Crippen molar-refractivity contribution in [3.8, 4) is 11.4 Å². The molecule has 0 fully saturated rings. The predicted molar refractivity (Wildman–Crippen MR) is 87.5 cm³/mol. The maximum Gasteiger partial charge on any atom is 0.161 e. The molecule has 0 aliphatic rings. The minimum Gasteiger partial charge on any atom is -0.373 e. The molecule has 3 nitrogen and oxygen atoms in total. The summed E-state index contributed by atoms with van der Waals surface area (Å²) in [6, 6.07) is 10.4. The van der Waals surface area contributed by atoms with Gasteiger partial charge in [-0.2, -0.15) is 0 Å². The Labute approximate surface area is 125 Å². The number of aromatic nitrogens is 2. The van der Waals surface area contributed by atoms with Crippen LogP contribution >= 0.6 is 11.8 Å². The minimum atomic E-state index is 0.00248. The van der Waals surface area contributed by atoms with Crippen LogP contribution in [0.25, 0.3) is 11.4 Å². The largest absolute Gasteiger partial charge is 0.373 e. The van der Waals surface area contributed by atoms with Crippen molar-refractivity contribution in [2.45, 2.75) is 31.1 Å². The second-order valence-electron chi connectivity index (χ2n) is 5.69. The van der Waals surface area contributed by atoms with Crippen LogP contribution in [0.4, 0.5) is 5.82 Å². The van der Waals surface area contributed by atoms with E-state index in [0.717, 1.165) is 22.9 Å². The Morgan fingerprint density at radius 3 is 2.20 bits per heavy atom. The molecule has 0 spiro atoms. The smallest absolute Gasteiger partial charge is 0.161 e. The molecule has 2 rings (SSSR count). The second-order valence-corrected chi connectivity index (χ2v) is 6.57. The summed E-state index contributed by atoms with van der Waals surface area (Å²) >= 11 is 1.73. The number of thioether (sulfide) groups is 1. The number of anilines is 1. The number of hydrogen-bond acceptors (Lipinski definition) is 4. The molecule has 1 N–H and O–H groups in total. The van der Waals surface area contributed by atoms with Crippen LogP contribution in [0.15, 0.2) is 35.2 Å². The van der Waals surface area contributed by atoms with E-state index >= 15 is 0 Å². The molecule has 1 aromatic carbocycles. The number of hydrogen-bond donors (Lipinski definition) is 1.